The van der Waals surface area contributed by atoms with Crippen LogP contribution in [0.2, 0.25) is 0 Å². The Balaban J connectivity index is 1.91. The number of halogens is 2. The van der Waals surface area contributed by atoms with Crippen molar-refractivity contribution >= 4 is 39.9 Å². The molecule has 0 saturated heterocycles. The number of nitrogens with zero attached hydrogens (tertiary/aromatic N) is 2. The minimum Gasteiger partial charge on any atom is -0.490 e. The number of ether oxygens (including phenoxy) is 2. The lowest BCUT2D eigenvalue weighted by Gasteiger charge is -2.15. The molecule has 162 valence electrons. The quantitative estimate of drug-likeness (QED) is 0.108. The molecule has 6 nitrogen and oxygen atoms in total. The Kier molecular flexibility index (Phi) is 7.78. The van der Waals surface area contributed by atoms with Gasteiger partial charge in [0.05, 0.1) is 26.7 Å². The number of nitro benzene ring substituents is 1. The smallest absolute Gasteiger partial charge is 0.269 e. The lowest BCUT2D eigenvalue weighted by Crippen LogP contribution is -2.02. The van der Waals surface area contributed by atoms with Crippen LogP contribution in [0.15, 0.2) is 60.7 Å². The molecular weight excluding hydrogens is 526 g/mol. The molecule has 0 saturated carbocycles. The van der Waals surface area contributed by atoms with E-state index in [4.69, 9.17) is 9.47 Å². The summed E-state index contributed by atoms with van der Waals surface area (Å²) < 4.78 is 25.9. The van der Waals surface area contributed by atoms with Crippen molar-refractivity contribution in [3.63, 3.8) is 0 Å². The summed E-state index contributed by atoms with van der Waals surface area (Å²) in [5.41, 5.74) is 2.28. The van der Waals surface area contributed by atoms with Gasteiger partial charge in [0.25, 0.3) is 5.69 Å². The zero-order chi connectivity index (χ0) is 23.1. The van der Waals surface area contributed by atoms with Crippen LogP contribution in [-0.4, -0.2) is 11.5 Å². The lowest BCUT2D eigenvalue weighted by atomic mass is 10.0. The molecule has 0 heterocycles. The topological polar surface area (TPSA) is 85.4 Å². The highest BCUT2D eigenvalue weighted by molar-refractivity contribution is 14.1. The largest absolute Gasteiger partial charge is 0.490 e. The van der Waals surface area contributed by atoms with Crippen molar-refractivity contribution in [2.45, 2.75) is 13.5 Å². The van der Waals surface area contributed by atoms with Gasteiger partial charge in [-0.15, -0.1) is 0 Å². The van der Waals surface area contributed by atoms with Crippen molar-refractivity contribution in [2.75, 3.05) is 6.61 Å². The predicted molar refractivity (Wildman–Crippen MR) is 128 cm³/mol. The van der Waals surface area contributed by atoms with Crippen LogP contribution in [0.4, 0.5) is 10.1 Å². The maximum atomic E-state index is 13.4. The third kappa shape index (κ3) is 5.82. The van der Waals surface area contributed by atoms with Crippen molar-refractivity contribution < 1.29 is 18.8 Å². The first-order valence-electron chi connectivity index (χ1n) is 9.61. The second kappa shape index (κ2) is 10.7. The summed E-state index contributed by atoms with van der Waals surface area (Å²) in [7, 11) is 0. The number of hydrogen-bond donors (Lipinski definition) is 0. The minimum atomic E-state index is -0.487. The molecule has 0 atom stereocenters. The molecule has 0 N–H and O–H groups in total. The van der Waals surface area contributed by atoms with E-state index in [1.807, 2.05) is 13.0 Å². The van der Waals surface area contributed by atoms with E-state index >= 15 is 0 Å². The van der Waals surface area contributed by atoms with Gasteiger partial charge in [-0.25, -0.2) is 4.39 Å². The summed E-state index contributed by atoms with van der Waals surface area (Å²) in [5.74, 6) is 0.701. The molecule has 0 spiro atoms. The number of nitro groups is 1. The second-order valence-electron chi connectivity index (χ2n) is 6.66. The van der Waals surface area contributed by atoms with Crippen molar-refractivity contribution in [1.82, 2.24) is 0 Å². The van der Waals surface area contributed by atoms with Crippen molar-refractivity contribution in [2.24, 2.45) is 0 Å². The normalized spacial score (nSPS) is 11.0. The molecule has 3 aromatic carbocycles. The summed E-state index contributed by atoms with van der Waals surface area (Å²) >= 11 is 2.12. The Hall–Kier alpha value is -3.45. The fraction of sp³-hybridized carbons (Fsp3) is 0.125. The summed E-state index contributed by atoms with van der Waals surface area (Å²) in [5, 5.41) is 20.5. The van der Waals surface area contributed by atoms with Gasteiger partial charge in [0.1, 0.15) is 12.4 Å². The molecule has 0 aliphatic carbocycles. The van der Waals surface area contributed by atoms with Crippen LogP contribution in [0.25, 0.3) is 11.6 Å². The van der Waals surface area contributed by atoms with Gasteiger partial charge < -0.3 is 9.47 Å². The monoisotopic (exact) mass is 544 g/mol. The van der Waals surface area contributed by atoms with Gasteiger partial charge in [-0.05, 0) is 88.7 Å². The number of rotatable bonds is 8. The molecular formula is C24H18FIN2O4. The Bertz CT molecular complexity index is 1200. The summed E-state index contributed by atoms with van der Waals surface area (Å²) in [4.78, 5) is 10.4. The van der Waals surface area contributed by atoms with Crippen LogP contribution in [0.3, 0.4) is 0 Å². The van der Waals surface area contributed by atoms with E-state index in [1.54, 1.807) is 24.3 Å². The first-order valence-corrected chi connectivity index (χ1v) is 10.7. The number of benzene rings is 3. The fourth-order valence-electron chi connectivity index (χ4n) is 2.97. The van der Waals surface area contributed by atoms with E-state index in [-0.39, 0.29) is 18.1 Å². The van der Waals surface area contributed by atoms with Crippen LogP contribution < -0.4 is 9.47 Å². The van der Waals surface area contributed by atoms with Crippen LogP contribution in [0, 0.1) is 30.8 Å². The molecule has 3 rings (SSSR count). The van der Waals surface area contributed by atoms with Crippen LogP contribution >= 0.6 is 22.6 Å². The van der Waals surface area contributed by atoms with E-state index in [9.17, 15) is 19.8 Å². The van der Waals surface area contributed by atoms with Crippen molar-refractivity contribution in [3.05, 3.63) is 96.9 Å². The van der Waals surface area contributed by atoms with E-state index < -0.39 is 4.92 Å². The third-order valence-electron chi connectivity index (χ3n) is 4.42. The number of hydrogen-bond acceptors (Lipinski definition) is 5. The summed E-state index contributed by atoms with van der Waals surface area (Å²) in [6.07, 6.45) is 1.68. The first kappa shape index (κ1) is 23.2. The Labute approximate surface area is 198 Å². The highest BCUT2D eigenvalue weighted by Crippen LogP contribution is 2.36. The number of non-ortho nitro benzene ring substituents is 1. The molecule has 0 aromatic heterocycles. The zero-order valence-corrected chi connectivity index (χ0v) is 19.2. The maximum absolute atomic E-state index is 13.4. The highest BCUT2D eigenvalue weighted by atomic mass is 127. The lowest BCUT2D eigenvalue weighted by molar-refractivity contribution is -0.384. The zero-order valence-electron chi connectivity index (χ0n) is 17.0. The average Bonchev–Trinajstić information content (AvgIpc) is 2.77. The summed E-state index contributed by atoms with van der Waals surface area (Å²) in [6, 6.07) is 17.7. The van der Waals surface area contributed by atoms with E-state index in [0.29, 0.717) is 40.4 Å². The molecule has 0 radical (unpaired) electrons. The molecule has 0 amide bonds. The van der Waals surface area contributed by atoms with Gasteiger partial charge in [0.15, 0.2) is 11.5 Å². The fourth-order valence-corrected chi connectivity index (χ4v) is 3.75. The molecule has 8 heteroatoms. The Morgan fingerprint density at radius 2 is 1.94 bits per heavy atom. The molecule has 0 bridgehead atoms. The van der Waals surface area contributed by atoms with Gasteiger partial charge in [0.2, 0.25) is 0 Å². The molecule has 0 fully saturated rings. The van der Waals surface area contributed by atoms with Gasteiger partial charge in [-0.2, -0.15) is 5.26 Å². The van der Waals surface area contributed by atoms with E-state index in [2.05, 4.69) is 28.7 Å². The van der Waals surface area contributed by atoms with Gasteiger partial charge in [0, 0.05) is 12.1 Å². The SMILES string of the molecule is CCOc1cc(/C=C(/C#N)c2ccc([N+](=O)[O-])cc2)cc(I)c1OCc1cccc(F)c1. The molecule has 0 unspecified atom stereocenters. The van der Waals surface area contributed by atoms with Crippen LogP contribution in [-0.2, 0) is 6.61 Å². The minimum absolute atomic E-state index is 0.0426. The number of nitriles is 1. The number of allylic oxidation sites excluding steroid dienone is 1. The van der Waals surface area contributed by atoms with Crippen molar-refractivity contribution in [3.8, 4) is 17.6 Å². The molecule has 0 aliphatic rings. The Morgan fingerprint density at radius 1 is 1.19 bits per heavy atom. The van der Waals surface area contributed by atoms with Crippen LogP contribution in [0.5, 0.6) is 11.5 Å². The molecule has 3 aromatic rings. The first-order chi connectivity index (χ1) is 15.4. The third-order valence-corrected chi connectivity index (χ3v) is 5.23. The van der Waals surface area contributed by atoms with Gasteiger partial charge in [-0.1, -0.05) is 12.1 Å². The predicted octanol–water partition coefficient (Wildman–Crippen LogP) is 6.38. The summed E-state index contributed by atoms with van der Waals surface area (Å²) in [6.45, 7) is 2.44. The highest BCUT2D eigenvalue weighted by Gasteiger charge is 2.14. The average molecular weight is 544 g/mol. The Morgan fingerprint density at radius 3 is 2.56 bits per heavy atom. The van der Waals surface area contributed by atoms with E-state index in [0.717, 1.165) is 3.57 Å². The molecule has 0 aliphatic heterocycles. The second-order valence-corrected chi connectivity index (χ2v) is 7.82. The van der Waals surface area contributed by atoms with Gasteiger partial charge in [-0.3, -0.25) is 10.1 Å². The standard InChI is InChI=1S/C24H18FIN2O4/c1-2-31-23-13-17(10-19(14-27)18-6-8-21(9-7-18)28(29)30)12-22(26)24(23)32-15-16-4-3-5-20(25)11-16/h3-13H,2,15H2,1H3/b19-10-. The molecule has 32 heavy (non-hydrogen) atoms. The van der Waals surface area contributed by atoms with E-state index in [1.165, 1.54) is 36.4 Å². The van der Waals surface area contributed by atoms with Gasteiger partial charge >= 0.3 is 0 Å². The van der Waals surface area contributed by atoms with Crippen LogP contribution in [0.1, 0.15) is 23.6 Å². The van der Waals surface area contributed by atoms with Crippen molar-refractivity contribution in [1.29, 1.82) is 5.26 Å². The maximum Gasteiger partial charge on any atom is 0.269 e.